The SMILES string of the molecule is CC(C)/C=C(/Br)C(C)c1ccccc1. The van der Waals surface area contributed by atoms with Crippen LogP contribution in [-0.4, -0.2) is 0 Å². The molecule has 0 aliphatic carbocycles. The number of benzene rings is 1. The van der Waals surface area contributed by atoms with Crippen molar-refractivity contribution in [1.29, 1.82) is 0 Å². The Labute approximate surface area is 95.2 Å². The fourth-order valence-electron chi connectivity index (χ4n) is 1.36. The van der Waals surface area contributed by atoms with E-state index < -0.39 is 0 Å². The zero-order valence-corrected chi connectivity index (χ0v) is 10.6. The molecule has 0 aliphatic rings. The van der Waals surface area contributed by atoms with E-state index >= 15 is 0 Å². The topological polar surface area (TPSA) is 0 Å². The lowest BCUT2D eigenvalue weighted by molar-refractivity contribution is 0.812. The van der Waals surface area contributed by atoms with Gasteiger partial charge in [-0.05, 0) is 16.0 Å². The maximum atomic E-state index is 3.64. The summed E-state index contributed by atoms with van der Waals surface area (Å²) in [6, 6.07) is 10.6. The number of halogens is 1. The second-order valence-corrected chi connectivity index (χ2v) is 4.84. The van der Waals surface area contributed by atoms with Crippen LogP contribution in [0.1, 0.15) is 32.3 Å². The highest BCUT2D eigenvalue weighted by Crippen LogP contribution is 2.28. The highest BCUT2D eigenvalue weighted by Gasteiger charge is 2.08. The van der Waals surface area contributed by atoms with E-state index in [4.69, 9.17) is 0 Å². The Bertz CT molecular complexity index is 298. The lowest BCUT2D eigenvalue weighted by Crippen LogP contribution is -1.94. The molecule has 1 rings (SSSR count). The third-order valence-corrected chi connectivity index (χ3v) is 3.16. The second kappa shape index (κ2) is 5.35. The van der Waals surface area contributed by atoms with E-state index in [2.05, 4.69) is 73.1 Å². The van der Waals surface area contributed by atoms with Crippen LogP contribution in [0.2, 0.25) is 0 Å². The fourth-order valence-corrected chi connectivity index (χ4v) is 2.16. The van der Waals surface area contributed by atoms with Gasteiger partial charge < -0.3 is 0 Å². The quantitative estimate of drug-likeness (QED) is 0.730. The molecule has 0 fully saturated rings. The molecular weight excluding hydrogens is 236 g/mol. The highest BCUT2D eigenvalue weighted by molar-refractivity contribution is 9.11. The van der Waals surface area contributed by atoms with Crippen molar-refractivity contribution in [3.05, 3.63) is 46.5 Å². The lowest BCUT2D eigenvalue weighted by atomic mass is 9.99. The first kappa shape index (κ1) is 11.5. The standard InChI is InChI=1S/C13H17Br/c1-10(2)9-13(14)11(3)12-7-5-4-6-8-12/h4-11H,1-3H3/b13-9+. The molecular formula is C13H17Br. The largest absolute Gasteiger partial charge is 0.0712 e. The summed E-state index contributed by atoms with van der Waals surface area (Å²) < 4.78 is 1.28. The predicted molar refractivity (Wildman–Crippen MR) is 66.7 cm³/mol. The number of rotatable bonds is 3. The van der Waals surface area contributed by atoms with Crippen LogP contribution < -0.4 is 0 Å². The minimum Gasteiger partial charge on any atom is -0.0712 e. The van der Waals surface area contributed by atoms with Crippen molar-refractivity contribution >= 4 is 15.9 Å². The molecule has 0 aromatic heterocycles. The summed E-state index contributed by atoms with van der Waals surface area (Å²) in [5.41, 5.74) is 1.36. The molecule has 0 saturated carbocycles. The van der Waals surface area contributed by atoms with Crippen molar-refractivity contribution in [2.75, 3.05) is 0 Å². The van der Waals surface area contributed by atoms with Gasteiger partial charge in [-0.1, -0.05) is 73.1 Å². The van der Waals surface area contributed by atoms with Crippen LogP contribution in [0.5, 0.6) is 0 Å². The summed E-state index contributed by atoms with van der Waals surface area (Å²) in [4.78, 5) is 0. The Morgan fingerprint density at radius 3 is 2.21 bits per heavy atom. The second-order valence-electron chi connectivity index (χ2n) is 3.93. The normalized spacial score (nSPS) is 14.5. The van der Waals surface area contributed by atoms with Gasteiger partial charge in [0, 0.05) is 5.92 Å². The molecule has 0 radical (unpaired) electrons. The van der Waals surface area contributed by atoms with E-state index in [-0.39, 0.29) is 0 Å². The van der Waals surface area contributed by atoms with Crippen LogP contribution in [-0.2, 0) is 0 Å². The summed E-state index contributed by atoms with van der Waals surface area (Å²) in [6.07, 6.45) is 2.26. The molecule has 1 unspecified atom stereocenters. The van der Waals surface area contributed by atoms with Crippen LogP contribution in [0.4, 0.5) is 0 Å². The van der Waals surface area contributed by atoms with E-state index in [1.54, 1.807) is 0 Å². The minimum atomic E-state index is 0.457. The van der Waals surface area contributed by atoms with Gasteiger partial charge in [0.25, 0.3) is 0 Å². The van der Waals surface area contributed by atoms with Crippen molar-refractivity contribution < 1.29 is 0 Å². The Morgan fingerprint density at radius 1 is 1.14 bits per heavy atom. The first-order valence-electron chi connectivity index (χ1n) is 5.03. The third-order valence-electron chi connectivity index (χ3n) is 2.21. The summed E-state index contributed by atoms with van der Waals surface area (Å²) in [6.45, 7) is 6.61. The zero-order valence-electron chi connectivity index (χ0n) is 9.00. The highest BCUT2D eigenvalue weighted by atomic mass is 79.9. The summed E-state index contributed by atoms with van der Waals surface area (Å²) >= 11 is 3.64. The zero-order chi connectivity index (χ0) is 10.6. The Morgan fingerprint density at radius 2 is 1.71 bits per heavy atom. The average molecular weight is 253 g/mol. The summed E-state index contributed by atoms with van der Waals surface area (Å²) in [5, 5.41) is 0. The lowest BCUT2D eigenvalue weighted by Gasteiger charge is -2.12. The summed E-state index contributed by atoms with van der Waals surface area (Å²) in [5.74, 6) is 1.05. The van der Waals surface area contributed by atoms with Crippen molar-refractivity contribution in [2.24, 2.45) is 5.92 Å². The molecule has 1 atom stereocenters. The van der Waals surface area contributed by atoms with E-state index in [1.807, 2.05) is 0 Å². The number of hydrogen-bond acceptors (Lipinski definition) is 0. The van der Waals surface area contributed by atoms with Gasteiger partial charge in [-0.25, -0.2) is 0 Å². The first-order chi connectivity index (χ1) is 6.61. The Balaban J connectivity index is 2.81. The molecule has 0 nitrogen and oxygen atoms in total. The van der Waals surface area contributed by atoms with Crippen molar-refractivity contribution in [2.45, 2.75) is 26.7 Å². The van der Waals surface area contributed by atoms with Gasteiger partial charge in [-0.15, -0.1) is 0 Å². The van der Waals surface area contributed by atoms with Gasteiger partial charge in [0.2, 0.25) is 0 Å². The van der Waals surface area contributed by atoms with E-state index in [9.17, 15) is 0 Å². The van der Waals surface area contributed by atoms with Crippen LogP contribution in [0.25, 0.3) is 0 Å². The molecule has 0 saturated heterocycles. The fraction of sp³-hybridized carbons (Fsp3) is 0.385. The first-order valence-corrected chi connectivity index (χ1v) is 5.82. The van der Waals surface area contributed by atoms with Crippen molar-refractivity contribution in [1.82, 2.24) is 0 Å². The molecule has 0 bridgehead atoms. The maximum Gasteiger partial charge on any atom is 0.0124 e. The average Bonchev–Trinajstić information content (AvgIpc) is 2.17. The third kappa shape index (κ3) is 3.30. The maximum absolute atomic E-state index is 3.64. The van der Waals surface area contributed by atoms with Gasteiger partial charge in [0.15, 0.2) is 0 Å². The number of allylic oxidation sites excluding steroid dienone is 2. The van der Waals surface area contributed by atoms with Crippen LogP contribution in [0.3, 0.4) is 0 Å². The molecule has 1 heteroatoms. The van der Waals surface area contributed by atoms with E-state index in [1.165, 1.54) is 10.0 Å². The van der Waals surface area contributed by atoms with E-state index in [0.717, 1.165) is 0 Å². The molecule has 0 aliphatic heterocycles. The molecule has 0 amide bonds. The van der Waals surface area contributed by atoms with Crippen molar-refractivity contribution in [3.63, 3.8) is 0 Å². The molecule has 76 valence electrons. The van der Waals surface area contributed by atoms with Gasteiger partial charge in [0.1, 0.15) is 0 Å². The van der Waals surface area contributed by atoms with Crippen molar-refractivity contribution in [3.8, 4) is 0 Å². The van der Waals surface area contributed by atoms with Crippen LogP contribution in [0, 0.1) is 5.92 Å². The molecule has 0 spiro atoms. The molecule has 0 heterocycles. The van der Waals surface area contributed by atoms with Gasteiger partial charge in [0.05, 0.1) is 0 Å². The predicted octanol–water partition coefficient (Wildman–Crippen LogP) is 4.72. The smallest absolute Gasteiger partial charge is 0.0124 e. The molecule has 0 N–H and O–H groups in total. The van der Waals surface area contributed by atoms with Gasteiger partial charge in [-0.3, -0.25) is 0 Å². The Kier molecular flexibility index (Phi) is 4.40. The van der Waals surface area contributed by atoms with Gasteiger partial charge in [-0.2, -0.15) is 0 Å². The summed E-state index contributed by atoms with van der Waals surface area (Å²) in [7, 11) is 0. The van der Waals surface area contributed by atoms with E-state index in [0.29, 0.717) is 11.8 Å². The molecule has 14 heavy (non-hydrogen) atoms. The minimum absolute atomic E-state index is 0.457. The van der Waals surface area contributed by atoms with Gasteiger partial charge >= 0.3 is 0 Å². The molecule has 1 aromatic rings. The van der Waals surface area contributed by atoms with Crippen LogP contribution in [0.15, 0.2) is 40.9 Å². The molecule has 1 aromatic carbocycles. The number of hydrogen-bond donors (Lipinski definition) is 0. The monoisotopic (exact) mass is 252 g/mol. The van der Waals surface area contributed by atoms with Crippen LogP contribution >= 0.6 is 15.9 Å². The Hall–Kier alpha value is -0.560.